The maximum absolute atomic E-state index is 13.4. The van der Waals surface area contributed by atoms with Crippen LogP contribution in [0.5, 0.6) is 0 Å². The van der Waals surface area contributed by atoms with Crippen molar-refractivity contribution in [1.82, 2.24) is 0 Å². The van der Waals surface area contributed by atoms with Gasteiger partial charge in [0, 0.05) is 25.6 Å². The molecule has 3 rings (SSSR count). The number of hydrogen-bond acceptors (Lipinski definition) is 2. The van der Waals surface area contributed by atoms with E-state index in [2.05, 4.69) is 12.2 Å². The number of amides is 1. The van der Waals surface area contributed by atoms with Crippen LogP contribution in [0.3, 0.4) is 0 Å². The van der Waals surface area contributed by atoms with Crippen LogP contribution in [0.15, 0.2) is 54.6 Å². The molecule has 134 valence electrons. The number of para-hydroxylation sites is 1. The Morgan fingerprint density at radius 1 is 1.08 bits per heavy atom. The van der Waals surface area contributed by atoms with E-state index in [4.69, 9.17) is 4.74 Å². The summed E-state index contributed by atoms with van der Waals surface area (Å²) in [5.41, 5.74) is 1.74. The summed E-state index contributed by atoms with van der Waals surface area (Å²) < 4.78 is 5.88. The summed E-state index contributed by atoms with van der Waals surface area (Å²) in [5.74, 6) is 0.00824. The monoisotopic (exact) mass is 360 g/mol. The summed E-state index contributed by atoms with van der Waals surface area (Å²) in [6.07, 6.45) is 0.961. The first-order valence-corrected chi connectivity index (χ1v) is 8.59. The number of benzene rings is 2. The molecule has 0 radical (unpaired) electrons. The van der Waals surface area contributed by atoms with Gasteiger partial charge in [-0.2, -0.15) is 0 Å². The van der Waals surface area contributed by atoms with Gasteiger partial charge in [0.05, 0.1) is 18.8 Å². The number of carbonyl (C=O) groups excluding carboxylic acids is 1. The Bertz CT molecular complexity index is 708. The molecular weight excluding hydrogens is 336 g/mol. The lowest BCUT2D eigenvalue weighted by molar-refractivity contribution is -0.651. The lowest BCUT2D eigenvalue weighted by Gasteiger charge is -2.28. The van der Waals surface area contributed by atoms with Crippen LogP contribution >= 0.6 is 0 Å². The Kier molecular flexibility index (Phi) is 6.59. The Morgan fingerprint density at radius 3 is 2.44 bits per heavy atom. The molecule has 1 aliphatic rings. The molecule has 1 aliphatic heterocycles. The van der Waals surface area contributed by atoms with Crippen molar-refractivity contribution in [3.8, 4) is 0 Å². The van der Waals surface area contributed by atoms with Crippen LogP contribution in [-0.2, 0) is 15.1 Å². The average molecular weight is 361 g/mol. The van der Waals surface area contributed by atoms with Gasteiger partial charge >= 0.3 is 0 Å². The molecule has 5 heteroatoms. The number of ether oxygens (including phenoxy) is 1. The van der Waals surface area contributed by atoms with Crippen molar-refractivity contribution < 1.29 is 27.3 Å². The summed E-state index contributed by atoms with van der Waals surface area (Å²) >= 11 is 0. The molecule has 0 spiro atoms. The number of rotatable bonds is 7. The zero-order chi connectivity index (χ0) is 17.0. The van der Waals surface area contributed by atoms with Gasteiger partial charge in [-0.3, -0.25) is 4.79 Å². The van der Waals surface area contributed by atoms with Crippen molar-refractivity contribution >= 4 is 11.6 Å². The third kappa shape index (κ3) is 3.30. The van der Waals surface area contributed by atoms with E-state index in [-0.39, 0.29) is 18.3 Å². The predicted octanol–water partition coefficient (Wildman–Crippen LogP) is -1.10. The number of fused-ring (bicyclic) bond motifs is 1. The normalized spacial score (nSPS) is 18.8. The summed E-state index contributed by atoms with van der Waals surface area (Å²) in [4.78, 5) is 15.3. The minimum Gasteiger partial charge on any atom is -1.00 e. The van der Waals surface area contributed by atoms with Gasteiger partial charge in [0.25, 0.3) is 5.91 Å². The number of nitrogens with two attached hydrogens (primary N) is 1. The highest BCUT2D eigenvalue weighted by molar-refractivity contribution is 6.09. The average Bonchev–Trinajstić information content (AvgIpc) is 2.88. The second-order valence-corrected chi connectivity index (χ2v) is 6.06. The van der Waals surface area contributed by atoms with Crippen molar-refractivity contribution in [2.24, 2.45) is 0 Å². The predicted molar refractivity (Wildman–Crippen MR) is 95.0 cm³/mol. The molecule has 25 heavy (non-hydrogen) atoms. The molecule has 0 saturated carbocycles. The van der Waals surface area contributed by atoms with E-state index in [9.17, 15) is 4.79 Å². The molecule has 1 unspecified atom stereocenters. The Balaban J connectivity index is 0.00000225. The summed E-state index contributed by atoms with van der Waals surface area (Å²) in [6.45, 7) is 4.94. The molecule has 1 atom stereocenters. The molecular formula is C20H25ClN2O2. The number of halogens is 1. The van der Waals surface area contributed by atoms with E-state index in [1.54, 1.807) is 7.11 Å². The Hall–Kier alpha value is -1.88. The fraction of sp³-hybridized carbons (Fsp3) is 0.350. The molecule has 0 aliphatic carbocycles. The van der Waals surface area contributed by atoms with Crippen LogP contribution in [-0.4, -0.2) is 32.7 Å². The molecule has 1 heterocycles. The van der Waals surface area contributed by atoms with Crippen LogP contribution in [0.1, 0.15) is 24.5 Å². The molecule has 2 N–H and O–H groups in total. The second kappa shape index (κ2) is 8.48. The highest BCUT2D eigenvalue weighted by atomic mass is 35.5. The van der Waals surface area contributed by atoms with Crippen LogP contribution in [0.25, 0.3) is 0 Å². The van der Waals surface area contributed by atoms with E-state index < -0.39 is 5.60 Å². The summed E-state index contributed by atoms with van der Waals surface area (Å²) in [5, 5.41) is 2.26. The zero-order valence-electron chi connectivity index (χ0n) is 14.7. The van der Waals surface area contributed by atoms with Crippen molar-refractivity contribution in [1.29, 1.82) is 0 Å². The van der Waals surface area contributed by atoms with E-state index >= 15 is 0 Å². The molecule has 1 amide bonds. The van der Waals surface area contributed by atoms with Gasteiger partial charge in [-0.15, -0.1) is 0 Å². The molecule has 0 saturated heterocycles. The van der Waals surface area contributed by atoms with E-state index in [1.807, 2.05) is 59.5 Å². The van der Waals surface area contributed by atoms with E-state index in [1.165, 1.54) is 0 Å². The maximum Gasteiger partial charge on any atom is 0.268 e. The molecule has 2 aromatic carbocycles. The largest absolute Gasteiger partial charge is 1.00 e. The third-order valence-corrected chi connectivity index (χ3v) is 4.69. The first-order chi connectivity index (χ1) is 11.8. The van der Waals surface area contributed by atoms with E-state index in [0.29, 0.717) is 6.54 Å². The highest BCUT2D eigenvalue weighted by Gasteiger charge is 2.52. The molecule has 0 bridgehead atoms. The standard InChI is InChI=1S/C20H24N2O2.ClH/c1-3-21-14-9-15-22-18-13-8-7-12-17(18)20(24-2,19(22)23)16-10-5-4-6-11-16;/h4-8,10-13,21H,3,9,14-15H2,1-2H3;1H. The van der Waals surface area contributed by atoms with Crippen molar-refractivity contribution in [3.05, 3.63) is 65.7 Å². The maximum atomic E-state index is 13.4. The van der Waals surface area contributed by atoms with Gasteiger partial charge < -0.3 is 27.4 Å². The third-order valence-electron chi connectivity index (χ3n) is 4.69. The van der Waals surface area contributed by atoms with Gasteiger partial charge in [0.15, 0.2) is 5.60 Å². The fourth-order valence-electron chi connectivity index (χ4n) is 3.51. The van der Waals surface area contributed by atoms with Crippen LogP contribution in [0.2, 0.25) is 0 Å². The lowest BCUT2D eigenvalue weighted by atomic mass is 9.87. The van der Waals surface area contributed by atoms with Gasteiger partial charge in [0.2, 0.25) is 0 Å². The smallest absolute Gasteiger partial charge is 0.268 e. The first-order valence-electron chi connectivity index (χ1n) is 8.59. The molecule has 2 aromatic rings. The summed E-state index contributed by atoms with van der Waals surface area (Å²) in [6, 6.07) is 17.7. The number of quaternary nitrogens is 1. The molecule has 0 aromatic heterocycles. The number of hydrogen-bond donors (Lipinski definition) is 1. The quantitative estimate of drug-likeness (QED) is 0.637. The molecule has 0 fully saturated rings. The van der Waals surface area contributed by atoms with Gasteiger partial charge in [0.1, 0.15) is 0 Å². The number of methoxy groups -OCH3 is 1. The van der Waals surface area contributed by atoms with Crippen LogP contribution < -0.4 is 22.6 Å². The Labute approximate surface area is 155 Å². The number of carbonyl (C=O) groups is 1. The zero-order valence-corrected chi connectivity index (χ0v) is 15.5. The second-order valence-electron chi connectivity index (χ2n) is 6.06. The molecule has 4 nitrogen and oxygen atoms in total. The number of nitrogens with zero attached hydrogens (tertiary/aromatic N) is 1. The number of anilines is 1. The van der Waals surface area contributed by atoms with Gasteiger partial charge in [-0.25, -0.2) is 0 Å². The highest BCUT2D eigenvalue weighted by Crippen LogP contribution is 2.46. The van der Waals surface area contributed by atoms with Crippen LogP contribution in [0, 0.1) is 0 Å². The first kappa shape index (κ1) is 19.4. The summed E-state index contributed by atoms with van der Waals surface area (Å²) in [7, 11) is 1.62. The van der Waals surface area contributed by atoms with Gasteiger partial charge in [-0.1, -0.05) is 48.5 Å². The SMILES string of the molecule is CC[NH2+]CCCN1C(=O)C(OC)(c2ccccc2)c2ccccc21.[Cl-]. The minimum absolute atomic E-state index is 0. The van der Waals surface area contributed by atoms with E-state index in [0.717, 1.165) is 36.3 Å². The van der Waals surface area contributed by atoms with Gasteiger partial charge in [-0.05, 0) is 18.6 Å². The minimum atomic E-state index is -1.04. The Morgan fingerprint density at radius 2 is 1.76 bits per heavy atom. The van der Waals surface area contributed by atoms with Crippen LogP contribution in [0.4, 0.5) is 5.69 Å². The lowest BCUT2D eigenvalue weighted by Crippen LogP contribution is -3.00. The van der Waals surface area contributed by atoms with Crippen molar-refractivity contribution in [2.75, 3.05) is 31.6 Å². The fourth-order valence-corrected chi connectivity index (χ4v) is 3.51. The topological polar surface area (TPSA) is 46.2 Å². The van der Waals surface area contributed by atoms with Crippen molar-refractivity contribution in [3.63, 3.8) is 0 Å². The van der Waals surface area contributed by atoms with Crippen molar-refractivity contribution in [2.45, 2.75) is 18.9 Å².